The Hall–Kier alpha value is -1.47. The molecule has 0 saturated carbocycles. The van der Waals surface area contributed by atoms with Crippen molar-refractivity contribution in [3.8, 4) is 5.88 Å². The Morgan fingerprint density at radius 2 is 1.81 bits per heavy atom. The maximum absolute atomic E-state index is 12.3. The number of rotatable bonds is 15. The average Bonchev–Trinajstić information content (AvgIpc) is 3.22. The maximum Gasteiger partial charge on any atom is 0.310 e. The summed E-state index contributed by atoms with van der Waals surface area (Å²) in [4.78, 5) is 12.3. The number of aromatic nitrogens is 2. The monoisotopic (exact) mass is 452 g/mol. The van der Waals surface area contributed by atoms with E-state index in [9.17, 15) is 4.79 Å². The lowest BCUT2D eigenvalue weighted by Gasteiger charge is -2.41. The Morgan fingerprint density at radius 1 is 1.10 bits per heavy atom. The minimum atomic E-state index is -0.183. The van der Waals surface area contributed by atoms with Crippen molar-refractivity contribution in [1.29, 1.82) is 0 Å². The first-order valence-corrected chi connectivity index (χ1v) is 12.9. The molecule has 7 heteroatoms. The lowest BCUT2D eigenvalue weighted by atomic mass is 10.0. The topological polar surface area (TPSA) is 61.3 Å². The van der Waals surface area contributed by atoms with Crippen molar-refractivity contribution in [3.63, 3.8) is 0 Å². The molecule has 0 radical (unpaired) electrons. The molecule has 1 aromatic heterocycles. The van der Waals surface area contributed by atoms with Crippen LogP contribution in [-0.2, 0) is 9.53 Å². The van der Waals surface area contributed by atoms with E-state index < -0.39 is 0 Å². The van der Waals surface area contributed by atoms with E-state index in [1.807, 2.05) is 6.92 Å². The normalized spacial score (nSPS) is 19.7. The molecule has 0 saturated heterocycles. The highest BCUT2D eigenvalue weighted by Gasteiger charge is 2.36. The van der Waals surface area contributed by atoms with Gasteiger partial charge in [-0.15, -0.1) is 4.37 Å². The third kappa shape index (κ3) is 8.53. The maximum atomic E-state index is 12.3. The molecule has 176 valence electrons. The molecule has 0 fully saturated rings. The first-order chi connectivity index (χ1) is 15.0. The van der Waals surface area contributed by atoms with Crippen molar-refractivity contribution in [2.75, 3.05) is 26.7 Å². The Balaban J connectivity index is 1.87. The van der Waals surface area contributed by atoms with Crippen LogP contribution in [0, 0.1) is 0 Å². The van der Waals surface area contributed by atoms with Gasteiger partial charge in [0.15, 0.2) is 0 Å². The van der Waals surface area contributed by atoms with Crippen molar-refractivity contribution in [2.24, 2.45) is 0 Å². The number of nitrogens with zero attached hydrogens (tertiary/aromatic N) is 3. The molecule has 1 aliphatic rings. The van der Waals surface area contributed by atoms with Crippen LogP contribution < -0.4 is 4.74 Å². The number of unbranched alkanes of at least 4 members (excludes halogenated alkanes) is 7. The van der Waals surface area contributed by atoms with Crippen LogP contribution in [0.2, 0.25) is 0 Å². The molecule has 0 aliphatic carbocycles. The highest BCUT2D eigenvalue weighted by Crippen LogP contribution is 2.31. The van der Waals surface area contributed by atoms with Gasteiger partial charge in [-0.05, 0) is 12.8 Å². The third-order valence-electron chi connectivity index (χ3n) is 6.23. The van der Waals surface area contributed by atoms with Crippen molar-refractivity contribution >= 4 is 23.3 Å². The molecule has 2 heterocycles. The predicted molar refractivity (Wildman–Crippen MR) is 127 cm³/mol. The quantitative estimate of drug-likeness (QED) is 0.186. The highest BCUT2D eigenvalue weighted by molar-refractivity contribution is 6.99. The minimum absolute atomic E-state index is 0.0779. The van der Waals surface area contributed by atoms with Gasteiger partial charge < -0.3 is 9.47 Å². The second-order valence-corrected chi connectivity index (χ2v) is 9.49. The van der Waals surface area contributed by atoms with E-state index >= 15 is 0 Å². The van der Waals surface area contributed by atoms with Crippen LogP contribution in [0.1, 0.15) is 97.1 Å². The molecule has 2 rings (SSSR count). The van der Waals surface area contributed by atoms with Gasteiger partial charge in [-0.3, -0.25) is 9.28 Å². The van der Waals surface area contributed by atoms with E-state index in [0.29, 0.717) is 23.4 Å². The number of hydrogen-bond acceptors (Lipinski definition) is 6. The van der Waals surface area contributed by atoms with Gasteiger partial charge in [0.2, 0.25) is 6.23 Å². The van der Waals surface area contributed by atoms with Gasteiger partial charge in [-0.1, -0.05) is 64.9 Å². The summed E-state index contributed by atoms with van der Waals surface area (Å²) in [7, 11) is 2.16. The van der Waals surface area contributed by atoms with E-state index in [2.05, 4.69) is 35.7 Å². The molecule has 31 heavy (non-hydrogen) atoms. The number of ether oxygens (including phenoxy) is 2. The summed E-state index contributed by atoms with van der Waals surface area (Å²) in [6.45, 7) is 8.82. The van der Waals surface area contributed by atoms with Gasteiger partial charge in [0.25, 0.3) is 5.88 Å². The van der Waals surface area contributed by atoms with Gasteiger partial charge in [-0.2, -0.15) is 4.37 Å². The standard InChI is InChI=1S/C24H42N3O3S/c1-5-7-9-11-12-16-22(28)30-20(3)27(4)17-14-15-21(19-27)23-24(26-31-25-23)29-18-13-10-8-6-2/h15,20H,5-14,16-19H2,1-4H3/q+1/t20-,27?/m1/s1. The minimum Gasteiger partial charge on any atom is -0.475 e. The summed E-state index contributed by atoms with van der Waals surface area (Å²) < 4.78 is 21.4. The molecule has 1 unspecified atom stereocenters. The molecule has 0 bridgehead atoms. The Kier molecular flexibility index (Phi) is 11.5. The molecule has 0 spiro atoms. The summed E-state index contributed by atoms with van der Waals surface area (Å²) in [5.74, 6) is 0.573. The van der Waals surface area contributed by atoms with Crippen LogP contribution >= 0.6 is 11.7 Å². The summed E-state index contributed by atoms with van der Waals surface area (Å²) in [5, 5.41) is 0. The lowest BCUT2D eigenvalue weighted by Crippen LogP contribution is -2.55. The van der Waals surface area contributed by atoms with Crippen molar-refractivity contribution in [3.05, 3.63) is 11.8 Å². The van der Waals surface area contributed by atoms with Crippen LogP contribution in [-0.4, -0.2) is 52.2 Å². The molecular weight excluding hydrogens is 410 g/mol. The first-order valence-electron chi connectivity index (χ1n) is 12.2. The van der Waals surface area contributed by atoms with Crippen molar-refractivity contribution < 1.29 is 18.8 Å². The summed E-state index contributed by atoms with van der Waals surface area (Å²) >= 11 is 1.20. The van der Waals surface area contributed by atoms with E-state index in [4.69, 9.17) is 9.47 Å². The molecule has 0 N–H and O–H groups in total. The van der Waals surface area contributed by atoms with Crippen molar-refractivity contribution in [2.45, 2.75) is 97.6 Å². The fourth-order valence-corrected chi connectivity index (χ4v) is 4.50. The molecule has 2 atom stereocenters. The summed E-state index contributed by atoms with van der Waals surface area (Å²) in [6.07, 6.45) is 13.9. The van der Waals surface area contributed by atoms with Gasteiger partial charge in [-0.25, -0.2) is 0 Å². The predicted octanol–water partition coefficient (Wildman–Crippen LogP) is 5.98. The van der Waals surface area contributed by atoms with E-state index in [0.717, 1.165) is 50.0 Å². The van der Waals surface area contributed by atoms with Crippen LogP contribution in [0.25, 0.3) is 5.57 Å². The van der Waals surface area contributed by atoms with Crippen LogP contribution in [0.5, 0.6) is 5.88 Å². The number of likely N-dealkylation sites (N-methyl/N-ethyl adjacent to an activating group) is 1. The second kappa shape index (κ2) is 13.8. The molecule has 0 amide bonds. The zero-order valence-corrected chi connectivity index (χ0v) is 20.8. The van der Waals surface area contributed by atoms with Gasteiger partial charge in [0.1, 0.15) is 12.2 Å². The number of hydrogen-bond donors (Lipinski definition) is 0. The van der Waals surface area contributed by atoms with Crippen molar-refractivity contribution in [1.82, 2.24) is 8.75 Å². The number of quaternary nitrogens is 1. The fraction of sp³-hybridized carbons (Fsp3) is 0.792. The zero-order valence-electron chi connectivity index (χ0n) is 20.0. The van der Waals surface area contributed by atoms with Crippen LogP contribution in [0.15, 0.2) is 6.08 Å². The van der Waals surface area contributed by atoms with E-state index in [1.54, 1.807) is 0 Å². The molecule has 0 aromatic carbocycles. The fourth-order valence-electron chi connectivity index (χ4n) is 3.97. The average molecular weight is 453 g/mol. The second-order valence-electron chi connectivity index (χ2n) is 8.96. The summed E-state index contributed by atoms with van der Waals surface area (Å²) in [6, 6.07) is 0. The van der Waals surface area contributed by atoms with Gasteiger partial charge in [0, 0.05) is 25.3 Å². The molecular formula is C24H42N3O3S+. The SMILES string of the molecule is CCCCCCCC(=O)O[C@H](C)[N+]1(C)CCC=C(c2nsnc2OCCCCCC)C1. The molecule has 6 nitrogen and oxygen atoms in total. The van der Waals surface area contributed by atoms with E-state index in [-0.39, 0.29) is 12.2 Å². The Morgan fingerprint density at radius 3 is 2.55 bits per heavy atom. The Bertz CT molecular complexity index is 691. The lowest BCUT2D eigenvalue weighted by molar-refractivity contribution is -0.944. The van der Waals surface area contributed by atoms with Crippen LogP contribution in [0.3, 0.4) is 0 Å². The smallest absolute Gasteiger partial charge is 0.310 e. The molecule has 1 aromatic rings. The first kappa shape index (κ1) is 25.8. The Labute approximate surface area is 192 Å². The van der Waals surface area contributed by atoms with E-state index in [1.165, 1.54) is 50.3 Å². The van der Waals surface area contributed by atoms with Gasteiger partial charge >= 0.3 is 5.97 Å². The summed E-state index contributed by atoms with van der Waals surface area (Å²) in [5.41, 5.74) is 2.01. The zero-order chi connectivity index (χ0) is 22.5. The number of carbonyl (C=O) groups excluding carboxylic acids is 1. The van der Waals surface area contributed by atoms with Crippen LogP contribution in [0.4, 0.5) is 0 Å². The van der Waals surface area contributed by atoms with Gasteiger partial charge in [0.05, 0.1) is 31.9 Å². The number of carbonyl (C=O) groups is 1. The molecule has 1 aliphatic heterocycles. The number of esters is 1. The third-order valence-corrected chi connectivity index (χ3v) is 6.74. The highest BCUT2D eigenvalue weighted by atomic mass is 32.1. The largest absolute Gasteiger partial charge is 0.475 e.